The van der Waals surface area contributed by atoms with Gasteiger partial charge in [0.25, 0.3) is 0 Å². The van der Waals surface area contributed by atoms with Gasteiger partial charge in [-0.1, -0.05) is 19.3 Å². The number of carbonyl (C=O) groups is 1. The second-order valence-corrected chi connectivity index (χ2v) is 6.18. The van der Waals surface area contributed by atoms with Gasteiger partial charge in [0.1, 0.15) is 0 Å². The van der Waals surface area contributed by atoms with E-state index in [4.69, 9.17) is 5.73 Å². The Bertz CT molecular complexity index is 287. The van der Waals surface area contributed by atoms with E-state index in [9.17, 15) is 4.79 Å². The van der Waals surface area contributed by atoms with Gasteiger partial charge in [-0.2, -0.15) is 0 Å². The maximum Gasteiger partial charge on any atom is 0.221 e. The number of likely N-dealkylation sites (N-methyl/N-ethyl adjacent to an activating group) is 1. The third kappa shape index (κ3) is 3.69. The Labute approximate surface area is 110 Å². The average molecular weight is 253 g/mol. The number of amides is 1. The van der Waals surface area contributed by atoms with Crippen molar-refractivity contribution in [2.75, 3.05) is 20.1 Å². The Hall–Kier alpha value is -0.610. The Morgan fingerprint density at radius 2 is 2.06 bits per heavy atom. The van der Waals surface area contributed by atoms with E-state index in [2.05, 4.69) is 17.3 Å². The van der Waals surface area contributed by atoms with Crippen LogP contribution >= 0.6 is 0 Å². The van der Waals surface area contributed by atoms with Crippen molar-refractivity contribution in [1.82, 2.24) is 10.2 Å². The van der Waals surface area contributed by atoms with Crippen LogP contribution in [0.25, 0.3) is 0 Å². The summed E-state index contributed by atoms with van der Waals surface area (Å²) in [6.45, 7) is 1.94. The lowest BCUT2D eigenvalue weighted by Gasteiger charge is -2.33. The zero-order valence-electron chi connectivity index (χ0n) is 11.6. The summed E-state index contributed by atoms with van der Waals surface area (Å²) in [7, 11) is 2.13. The molecular formula is C14H27N3O. The highest BCUT2D eigenvalue weighted by atomic mass is 16.1. The molecule has 4 nitrogen and oxygen atoms in total. The zero-order valence-corrected chi connectivity index (χ0v) is 11.6. The van der Waals surface area contributed by atoms with Crippen molar-refractivity contribution in [2.45, 2.75) is 62.9 Å². The predicted octanol–water partition coefficient (Wildman–Crippen LogP) is 1.25. The van der Waals surface area contributed by atoms with Crippen molar-refractivity contribution in [2.24, 2.45) is 5.73 Å². The smallest absolute Gasteiger partial charge is 0.221 e. The first-order valence-electron chi connectivity index (χ1n) is 7.35. The van der Waals surface area contributed by atoms with Crippen molar-refractivity contribution in [3.63, 3.8) is 0 Å². The van der Waals surface area contributed by atoms with Gasteiger partial charge < -0.3 is 16.0 Å². The van der Waals surface area contributed by atoms with Gasteiger partial charge in [0.05, 0.1) is 0 Å². The van der Waals surface area contributed by atoms with Crippen LogP contribution in [0.5, 0.6) is 0 Å². The lowest BCUT2D eigenvalue weighted by molar-refractivity contribution is -0.122. The second kappa shape index (κ2) is 6.02. The maximum atomic E-state index is 12.0. The van der Waals surface area contributed by atoms with Gasteiger partial charge in [0, 0.05) is 24.5 Å². The van der Waals surface area contributed by atoms with E-state index < -0.39 is 0 Å². The van der Waals surface area contributed by atoms with Gasteiger partial charge in [0.15, 0.2) is 0 Å². The molecule has 1 atom stereocenters. The zero-order chi connectivity index (χ0) is 13.0. The first-order chi connectivity index (χ1) is 8.59. The Morgan fingerprint density at radius 1 is 1.33 bits per heavy atom. The first kappa shape index (κ1) is 13.8. The normalized spacial score (nSPS) is 28.2. The number of carbonyl (C=O) groups excluding carboxylic acids is 1. The summed E-state index contributed by atoms with van der Waals surface area (Å²) in [6, 6.07) is 0.522. The van der Waals surface area contributed by atoms with Gasteiger partial charge in [-0.25, -0.2) is 0 Å². The SMILES string of the molecule is CN1CCCC1CNC(=O)CC1(N)CCCCC1. The monoisotopic (exact) mass is 253 g/mol. The van der Waals surface area contributed by atoms with E-state index in [1.54, 1.807) is 0 Å². The minimum Gasteiger partial charge on any atom is -0.354 e. The minimum absolute atomic E-state index is 0.139. The van der Waals surface area contributed by atoms with Crippen LogP contribution in [0.1, 0.15) is 51.4 Å². The van der Waals surface area contributed by atoms with E-state index >= 15 is 0 Å². The van der Waals surface area contributed by atoms with Crippen molar-refractivity contribution in [3.8, 4) is 0 Å². The third-order valence-corrected chi connectivity index (χ3v) is 4.57. The molecule has 1 aliphatic heterocycles. The largest absolute Gasteiger partial charge is 0.354 e. The van der Waals surface area contributed by atoms with Crippen LogP contribution in [0.3, 0.4) is 0 Å². The van der Waals surface area contributed by atoms with Crippen molar-refractivity contribution in [3.05, 3.63) is 0 Å². The maximum absolute atomic E-state index is 12.0. The molecule has 4 heteroatoms. The van der Waals surface area contributed by atoms with Crippen molar-refractivity contribution in [1.29, 1.82) is 0 Å². The second-order valence-electron chi connectivity index (χ2n) is 6.18. The first-order valence-corrected chi connectivity index (χ1v) is 7.35. The highest BCUT2D eigenvalue weighted by Gasteiger charge is 2.30. The standard InChI is InChI=1S/C14H27N3O/c1-17-9-5-6-12(17)11-16-13(18)10-14(15)7-3-2-4-8-14/h12H,2-11,15H2,1H3,(H,16,18). The Balaban J connectivity index is 1.71. The molecule has 0 aromatic heterocycles. The molecule has 104 valence electrons. The summed E-state index contributed by atoms with van der Waals surface area (Å²) in [4.78, 5) is 14.3. The molecule has 0 aromatic rings. The third-order valence-electron chi connectivity index (χ3n) is 4.57. The Morgan fingerprint density at radius 3 is 2.67 bits per heavy atom. The molecule has 1 heterocycles. The predicted molar refractivity (Wildman–Crippen MR) is 73.3 cm³/mol. The molecule has 1 unspecified atom stereocenters. The lowest BCUT2D eigenvalue weighted by Crippen LogP contribution is -2.47. The number of nitrogens with two attached hydrogens (primary N) is 1. The summed E-state index contributed by atoms with van der Waals surface area (Å²) >= 11 is 0. The topological polar surface area (TPSA) is 58.4 Å². The quantitative estimate of drug-likeness (QED) is 0.793. The van der Waals surface area contributed by atoms with E-state index in [0.717, 1.165) is 25.9 Å². The van der Waals surface area contributed by atoms with Crippen molar-refractivity contribution >= 4 is 5.91 Å². The van der Waals surface area contributed by atoms with Gasteiger partial charge in [-0.15, -0.1) is 0 Å². The minimum atomic E-state index is -0.232. The van der Waals surface area contributed by atoms with Crippen molar-refractivity contribution < 1.29 is 4.79 Å². The molecule has 0 aromatic carbocycles. The van der Waals surface area contributed by atoms with E-state index in [1.807, 2.05) is 0 Å². The fraction of sp³-hybridized carbons (Fsp3) is 0.929. The molecular weight excluding hydrogens is 226 g/mol. The molecule has 1 saturated heterocycles. The van der Waals surface area contributed by atoms with Crippen LogP contribution in [-0.2, 0) is 4.79 Å². The summed E-state index contributed by atoms with van der Waals surface area (Å²) < 4.78 is 0. The van der Waals surface area contributed by atoms with E-state index in [0.29, 0.717) is 12.5 Å². The molecule has 18 heavy (non-hydrogen) atoms. The summed E-state index contributed by atoms with van der Waals surface area (Å²) in [5, 5.41) is 3.07. The number of hydrogen-bond acceptors (Lipinski definition) is 3. The molecule has 0 radical (unpaired) electrons. The van der Waals surface area contributed by atoms with Crippen LogP contribution in [-0.4, -0.2) is 42.5 Å². The van der Waals surface area contributed by atoms with E-state index in [-0.39, 0.29) is 11.4 Å². The van der Waals surface area contributed by atoms with Gasteiger partial charge in [-0.3, -0.25) is 4.79 Å². The van der Waals surface area contributed by atoms with E-state index in [1.165, 1.54) is 32.1 Å². The summed E-state index contributed by atoms with van der Waals surface area (Å²) in [6.07, 6.45) is 8.58. The van der Waals surface area contributed by atoms with Crippen LogP contribution in [0.4, 0.5) is 0 Å². The molecule has 1 saturated carbocycles. The number of likely N-dealkylation sites (tertiary alicyclic amines) is 1. The molecule has 0 spiro atoms. The molecule has 0 bridgehead atoms. The molecule has 2 fully saturated rings. The molecule has 2 aliphatic rings. The van der Waals surface area contributed by atoms with Gasteiger partial charge in [0.2, 0.25) is 5.91 Å². The summed E-state index contributed by atoms with van der Waals surface area (Å²) in [5.74, 6) is 0.139. The number of rotatable bonds is 4. The highest BCUT2D eigenvalue weighted by Crippen LogP contribution is 2.28. The van der Waals surface area contributed by atoms with Gasteiger partial charge in [-0.05, 0) is 39.3 Å². The van der Waals surface area contributed by atoms with Crippen LogP contribution < -0.4 is 11.1 Å². The molecule has 1 aliphatic carbocycles. The fourth-order valence-corrected chi connectivity index (χ4v) is 3.28. The lowest BCUT2D eigenvalue weighted by atomic mass is 9.80. The van der Waals surface area contributed by atoms with Crippen LogP contribution in [0.15, 0.2) is 0 Å². The molecule has 2 rings (SSSR count). The average Bonchev–Trinajstić information content (AvgIpc) is 2.72. The molecule has 3 N–H and O–H groups in total. The van der Waals surface area contributed by atoms with Gasteiger partial charge >= 0.3 is 0 Å². The number of nitrogens with one attached hydrogen (secondary N) is 1. The number of hydrogen-bond donors (Lipinski definition) is 2. The highest BCUT2D eigenvalue weighted by molar-refractivity contribution is 5.77. The molecule has 1 amide bonds. The summed E-state index contributed by atoms with van der Waals surface area (Å²) in [5.41, 5.74) is 6.07. The Kier molecular flexibility index (Phi) is 4.62. The fourth-order valence-electron chi connectivity index (χ4n) is 3.28. The number of nitrogens with zero attached hydrogens (tertiary/aromatic N) is 1. The van der Waals surface area contributed by atoms with Crippen LogP contribution in [0, 0.1) is 0 Å². The van der Waals surface area contributed by atoms with Crippen LogP contribution in [0.2, 0.25) is 0 Å².